The first-order valence-corrected chi connectivity index (χ1v) is 8.20. The number of nitrogens with zero attached hydrogens (tertiary/aromatic N) is 1. The number of halogens is 1. The van der Waals surface area contributed by atoms with Gasteiger partial charge in [0.05, 0.1) is 12.7 Å². The minimum Gasteiger partial charge on any atom is -0.493 e. The SMILES string of the molecule is C=C(C)COc1ccc(C=C2N=C(c3ccccc3F)OC2=O)cc1OC. The molecule has 138 valence electrons. The van der Waals surface area contributed by atoms with Crippen LogP contribution in [0, 0.1) is 5.82 Å². The van der Waals surface area contributed by atoms with E-state index in [1.807, 2.05) is 6.92 Å². The fraction of sp³-hybridized carbons (Fsp3) is 0.143. The van der Waals surface area contributed by atoms with Crippen LogP contribution in [0.2, 0.25) is 0 Å². The summed E-state index contributed by atoms with van der Waals surface area (Å²) in [6, 6.07) is 11.2. The van der Waals surface area contributed by atoms with Gasteiger partial charge in [-0.1, -0.05) is 24.8 Å². The van der Waals surface area contributed by atoms with Crippen LogP contribution in [-0.2, 0) is 9.53 Å². The van der Waals surface area contributed by atoms with Crippen LogP contribution in [0.4, 0.5) is 4.39 Å². The molecule has 0 aliphatic carbocycles. The van der Waals surface area contributed by atoms with Crippen LogP contribution in [-0.4, -0.2) is 25.6 Å². The van der Waals surface area contributed by atoms with Gasteiger partial charge in [0.2, 0.25) is 5.90 Å². The highest BCUT2D eigenvalue weighted by Crippen LogP contribution is 2.30. The summed E-state index contributed by atoms with van der Waals surface area (Å²) in [5.74, 6) is -0.138. The molecular formula is C21H18FNO4. The highest BCUT2D eigenvalue weighted by molar-refractivity contribution is 6.12. The van der Waals surface area contributed by atoms with Gasteiger partial charge in [-0.25, -0.2) is 14.2 Å². The Morgan fingerprint density at radius 1 is 1.26 bits per heavy atom. The summed E-state index contributed by atoms with van der Waals surface area (Å²) >= 11 is 0. The summed E-state index contributed by atoms with van der Waals surface area (Å²) in [6.07, 6.45) is 1.54. The predicted molar refractivity (Wildman–Crippen MR) is 100 cm³/mol. The van der Waals surface area contributed by atoms with Gasteiger partial charge in [0, 0.05) is 0 Å². The number of aliphatic imine (C=N–C) groups is 1. The number of hydrogen-bond acceptors (Lipinski definition) is 5. The molecule has 5 nitrogen and oxygen atoms in total. The minimum atomic E-state index is -0.644. The number of benzene rings is 2. The van der Waals surface area contributed by atoms with Crippen molar-refractivity contribution in [2.24, 2.45) is 4.99 Å². The first-order chi connectivity index (χ1) is 13.0. The third-order valence-corrected chi connectivity index (χ3v) is 3.69. The summed E-state index contributed by atoms with van der Waals surface area (Å²) in [4.78, 5) is 16.2. The van der Waals surface area contributed by atoms with E-state index in [1.54, 1.807) is 36.4 Å². The van der Waals surface area contributed by atoms with Crippen LogP contribution < -0.4 is 9.47 Å². The second kappa shape index (κ2) is 7.86. The number of hydrogen-bond donors (Lipinski definition) is 0. The molecule has 2 aromatic carbocycles. The van der Waals surface area contributed by atoms with E-state index in [0.717, 1.165) is 5.57 Å². The average molecular weight is 367 g/mol. The normalized spacial score (nSPS) is 14.7. The van der Waals surface area contributed by atoms with E-state index in [1.165, 1.54) is 19.2 Å². The Balaban J connectivity index is 1.88. The Labute approximate surface area is 156 Å². The molecule has 3 rings (SSSR count). The molecule has 2 aromatic rings. The highest BCUT2D eigenvalue weighted by atomic mass is 19.1. The van der Waals surface area contributed by atoms with Crippen molar-refractivity contribution in [1.82, 2.24) is 0 Å². The van der Waals surface area contributed by atoms with Crippen molar-refractivity contribution >= 4 is 17.9 Å². The topological polar surface area (TPSA) is 57.1 Å². The van der Waals surface area contributed by atoms with E-state index < -0.39 is 11.8 Å². The minimum absolute atomic E-state index is 0.0577. The maximum absolute atomic E-state index is 13.9. The van der Waals surface area contributed by atoms with Crippen LogP contribution in [0.15, 0.2) is 65.3 Å². The zero-order valence-corrected chi connectivity index (χ0v) is 15.0. The maximum atomic E-state index is 13.9. The molecule has 27 heavy (non-hydrogen) atoms. The number of carbonyl (C=O) groups excluding carboxylic acids is 1. The van der Waals surface area contributed by atoms with Gasteiger partial charge in [-0.3, -0.25) is 0 Å². The molecule has 1 aliphatic rings. The van der Waals surface area contributed by atoms with Gasteiger partial charge >= 0.3 is 5.97 Å². The number of methoxy groups -OCH3 is 1. The van der Waals surface area contributed by atoms with Gasteiger partial charge in [-0.05, 0) is 48.4 Å². The number of rotatable bonds is 6. The molecule has 0 aromatic heterocycles. The van der Waals surface area contributed by atoms with Crippen molar-refractivity contribution in [2.75, 3.05) is 13.7 Å². The lowest BCUT2D eigenvalue weighted by Gasteiger charge is -2.11. The second-order valence-electron chi connectivity index (χ2n) is 5.97. The molecule has 6 heteroatoms. The van der Waals surface area contributed by atoms with Crippen LogP contribution in [0.3, 0.4) is 0 Å². The highest BCUT2D eigenvalue weighted by Gasteiger charge is 2.26. The van der Waals surface area contributed by atoms with E-state index in [9.17, 15) is 9.18 Å². The van der Waals surface area contributed by atoms with E-state index in [2.05, 4.69) is 11.6 Å². The maximum Gasteiger partial charge on any atom is 0.363 e. The third-order valence-electron chi connectivity index (χ3n) is 3.69. The quantitative estimate of drug-likeness (QED) is 0.438. The molecule has 0 fully saturated rings. The lowest BCUT2D eigenvalue weighted by atomic mass is 10.1. The molecule has 0 spiro atoms. The number of esters is 1. The Hall–Kier alpha value is -3.41. The third kappa shape index (κ3) is 4.23. The summed E-state index contributed by atoms with van der Waals surface area (Å²) in [7, 11) is 1.53. The smallest absolute Gasteiger partial charge is 0.363 e. The Morgan fingerprint density at radius 2 is 2.04 bits per heavy atom. The largest absolute Gasteiger partial charge is 0.493 e. The van der Waals surface area contributed by atoms with E-state index in [4.69, 9.17) is 14.2 Å². The molecule has 0 unspecified atom stereocenters. The average Bonchev–Trinajstić information content (AvgIpc) is 3.01. The second-order valence-corrected chi connectivity index (χ2v) is 5.97. The van der Waals surface area contributed by atoms with Crippen molar-refractivity contribution in [3.05, 3.63) is 77.3 Å². The molecule has 0 saturated carbocycles. The first kappa shape index (κ1) is 18.4. The van der Waals surface area contributed by atoms with E-state index in [-0.39, 0.29) is 17.2 Å². The summed E-state index contributed by atoms with van der Waals surface area (Å²) in [5, 5.41) is 0. The molecular weight excluding hydrogens is 349 g/mol. The van der Waals surface area contributed by atoms with Gasteiger partial charge in [0.15, 0.2) is 17.2 Å². The fourth-order valence-electron chi connectivity index (χ4n) is 2.41. The lowest BCUT2D eigenvalue weighted by molar-refractivity contribution is -0.129. The Kier molecular flexibility index (Phi) is 5.35. The monoisotopic (exact) mass is 367 g/mol. The summed E-state index contributed by atoms with van der Waals surface area (Å²) in [6.45, 7) is 6.03. The van der Waals surface area contributed by atoms with Crippen LogP contribution in [0.25, 0.3) is 6.08 Å². The summed E-state index contributed by atoms with van der Waals surface area (Å²) in [5.41, 5.74) is 1.76. The molecule has 1 aliphatic heterocycles. The van der Waals surface area contributed by atoms with Gasteiger partial charge in [-0.15, -0.1) is 0 Å². The summed E-state index contributed by atoms with van der Waals surface area (Å²) < 4.78 is 29.9. The first-order valence-electron chi connectivity index (χ1n) is 8.20. The lowest BCUT2D eigenvalue weighted by Crippen LogP contribution is -2.07. The van der Waals surface area contributed by atoms with Gasteiger partial charge in [-0.2, -0.15) is 0 Å². The molecule has 0 amide bonds. The molecule has 0 radical (unpaired) electrons. The van der Waals surface area contributed by atoms with E-state index >= 15 is 0 Å². The predicted octanol–water partition coefficient (Wildman–Crippen LogP) is 4.13. The standard InChI is InChI=1S/C21H18FNO4/c1-13(2)12-26-18-9-8-14(11-19(18)25-3)10-17-21(24)27-20(23-17)15-6-4-5-7-16(15)22/h4-11H,1,12H2,2-3H3. The zero-order chi connectivity index (χ0) is 19.4. The number of cyclic esters (lactones) is 1. The van der Waals surface area contributed by atoms with Crippen molar-refractivity contribution in [3.63, 3.8) is 0 Å². The van der Waals surface area contributed by atoms with E-state index in [0.29, 0.717) is 23.7 Å². The van der Waals surface area contributed by atoms with Gasteiger partial charge < -0.3 is 14.2 Å². The van der Waals surface area contributed by atoms with Gasteiger partial charge in [0.1, 0.15) is 12.4 Å². The van der Waals surface area contributed by atoms with Crippen LogP contribution >= 0.6 is 0 Å². The number of ether oxygens (including phenoxy) is 3. The molecule has 0 saturated heterocycles. The Morgan fingerprint density at radius 3 is 2.74 bits per heavy atom. The molecule has 0 N–H and O–H groups in total. The van der Waals surface area contributed by atoms with Crippen molar-refractivity contribution in [1.29, 1.82) is 0 Å². The zero-order valence-electron chi connectivity index (χ0n) is 15.0. The fourth-order valence-corrected chi connectivity index (χ4v) is 2.41. The van der Waals surface area contributed by atoms with Crippen LogP contribution in [0.5, 0.6) is 11.5 Å². The molecule has 0 atom stereocenters. The van der Waals surface area contributed by atoms with Crippen LogP contribution in [0.1, 0.15) is 18.1 Å². The number of carbonyl (C=O) groups is 1. The molecule has 1 heterocycles. The molecule has 0 bridgehead atoms. The van der Waals surface area contributed by atoms with Gasteiger partial charge in [0.25, 0.3) is 0 Å². The van der Waals surface area contributed by atoms with Crippen molar-refractivity contribution in [2.45, 2.75) is 6.92 Å². The van der Waals surface area contributed by atoms with Crippen molar-refractivity contribution < 1.29 is 23.4 Å². The Bertz CT molecular complexity index is 962. The van der Waals surface area contributed by atoms with Crippen molar-refractivity contribution in [3.8, 4) is 11.5 Å².